The van der Waals surface area contributed by atoms with Gasteiger partial charge in [-0.25, -0.2) is 0 Å². The fraction of sp³-hybridized carbons (Fsp3) is 0.500. The lowest BCUT2D eigenvalue weighted by atomic mass is 9.76. The first-order valence-corrected chi connectivity index (χ1v) is 8.59. The number of nitrogens with two attached hydrogens (primary N) is 1. The summed E-state index contributed by atoms with van der Waals surface area (Å²) in [6, 6.07) is 14.8. The highest BCUT2D eigenvalue weighted by Crippen LogP contribution is 2.38. The molecule has 118 valence electrons. The van der Waals surface area contributed by atoms with Gasteiger partial charge in [-0.1, -0.05) is 49.6 Å². The normalized spacial score (nSPS) is 19.0. The van der Waals surface area contributed by atoms with Crippen molar-refractivity contribution in [3.63, 3.8) is 0 Å². The lowest BCUT2D eigenvalue weighted by Gasteiger charge is -2.40. The summed E-state index contributed by atoms with van der Waals surface area (Å²) < 4.78 is 6.51. The molecule has 0 bridgehead atoms. The third-order valence-corrected chi connectivity index (χ3v) is 5.18. The van der Waals surface area contributed by atoms with E-state index in [4.69, 9.17) is 10.5 Å². The molecule has 1 atom stereocenters. The summed E-state index contributed by atoms with van der Waals surface area (Å²) >= 11 is 0. The van der Waals surface area contributed by atoms with E-state index in [0.29, 0.717) is 12.5 Å². The van der Waals surface area contributed by atoms with Gasteiger partial charge in [0.2, 0.25) is 0 Å². The minimum absolute atomic E-state index is 0.141. The molecule has 0 spiro atoms. The minimum Gasteiger partial charge on any atom is -0.487 e. The molecule has 3 rings (SSSR count). The van der Waals surface area contributed by atoms with Crippen LogP contribution in [0.3, 0.4) is 0 Å². The summed E-state index contributed by atoms with van der Waals surface area (Å²) in [7, 11) is 0. The fourth-order valence-corrected chi connectivity index (χ4v) is 3.84. The molecule has 2 heteroatoms. The number of ether oxygens (including phenoxy) is 1. The van der Waals surface area contributed by atoms with E-state index in [1.54, 1.807) is 0 Å². The van der Waals surface area contributed by atoms with Crippen LogP contribution in [-0.4, -0.2) is 12.1 Å². The second-order valence-electron chi connectivity index (χ2n) is 6.80. The monoisotopic (exact) mass is 297 g/mol. The van der Waals surface area contributed by atoms with Gasteiger partial charge in [0.25, 0.3) is 0 Å². The van der Waals surface area contributed by atoms with Gasteiger partial charge in [0, 0.05) is 0 Å². The first-order valence-electron chi connectivity index (χ1n) is 8.59. The van der Waals surface area contributed by atoms with Crippen molar-refractivity contribution in [2.24, 2.45) is 11.7 Å². The van der Waals surface area contributed by atoms with Gasteiger partial charge in [0.1, 0.15) is 11.4 Å². The van der Waals surface area contributed by atoms with Crippen molar-refractivity contribution >= 4 is 10.8 Å². The van der Waals surface area contributed by atoms with Gasteiger partial charge < -0.3 is 10.5 Å². The van der Waals surface area contributed by atoms with Crippen LogP contribution in [0.25, 0.3) is 10.8 Å². The Hall–Kier alpha value is -1.54. The standard InChI is InChI=1S/C20H27NO/c1-20(13-14-21,18-9-3-2-4-10-18)22-19-12-11-16-7-5-6-8-17(16)15-19/h5-8,11-12,15,18H,2-4,9-10,13-14,21H2,1H3. The molecular formula is C20H27NO. The van der Waals surface area contributed by atoms with Crippen LogP contribution in [0.5, 0.6) is 5.75 Å². The molecule has 0 amide bonds. The minimum atomic E-state index is -0.141. The Morgan fingerprint density at radius 1 is 1.05 bits per heavy atom. The van der Waals surface area contributed by atoms with E-state index in [-0.39, 0.29) is 5.60 Å². The molecule has 1 fully saturated rings. The Bertz CT molecular complexity index is 618. The molecule has 1 aliphatic carbocycles. The third-order valence-electron chi connectivity index (χ3n) is 5.18. The van der Waals surface area contributed by atoms with E-state index >= 15 is 0 Å². The van der Waals surface area contributed by atoms with Crippen molar-refractivity contribution in [3.05, 3.63) is 42.5 Å². The summed E-state index contributed by atoms with van der Waals surface area (Å²) in [5.41, 5.74) is 5.74. The van der Waals surface area contributed by atoms with Crippen molar-refractivity contribution in [1.29, 1.82) is 0 Å². The Morgan fingerprint density at radius 3 is 2.50 bits per heavy atom. The van der Waals surface area contributed by atoms with E-state index in [0.717, 1.165) is 12.2 Å². The van der Waals surface area contributed by atoms with Crippen molar-refractivity contribution in [2.45, 2.75) is 51.0 Å². The fourth-order valence-electron chi connectivity index (χ4n) is 3.84. The largest absolute Gasteiger partial charge is 0.487 e. The SMILES string of the molecule is CC(CCN)(Oc1ccc2ccccc2c1)C1CCCCC1. The summed E-state index contributed by atoms with van der Waals surface area (Å²) in [5.74, 6) is 1.59. The van der Waals surface area contributed by atoms with Crippen molar-refractivity contribution in [1.82, 2.24) is 0 Å². The smallest absolute Gasteiger partial charge is 0.120 e. The van der Waals surface area contributed by atoms with Gasteiger partial charge in [-0.3, -0.25) is 0 Å². The second-order valence-corrected chi connectivity index (χ2v) is 6.80. The van der Waals surface area contributed by atoms with E-state index in [9.17, 15) is 0 Å². The molecule has 2 aromatic carbocycles. The lowest BCUT2D eigenvalue weighted by Crippen LogP contribution is -2.43. The molecule has 0 heterocycles. The zero-order valence-corrected chi connectivity index (χ0v) is 13.6. The van der Waals surface area contributed by atoms with Gasteiger partial charge in [-0.15, -0.1) is 0 Å². The Balaban J connectivity index is 1.84. The summed E-state index contributed by atoms with van der Waals surface area (Å²) in [5, 5.41) is 2.49. The summed E-state index contributed by atoms with van der Waals surface area (Å²) in [6.45, 7) is 2.94. The Labute approximate surface area is 133 Å². The highest BCUT2D eigenvalue weighted by Gasteiger charge is 2.36. The average molecular weight is 297 g/mol. The predicted molar refractivity (Wildman–Crippen MR) is 93.2 cm³/mol. The van der Waals surface area contributed by atoms with E-state index in [1.807, 2.05) is 0 Å². The maximum absolute atomic E-state index is 6.51. The third kappa shape index (κ3) is 3.27. The van der Waals surface area contributed by atoms with Gasteiger partial charge in [0.15, 0.2) is 0 Å². The second kappa shape index (κ2) is 6.70. The molecule has 2 nitrogen and oxygen atoms in total. The van der Waals surface area contributed by atoms with Crippen LogP contribution in [0.1, 0.15) is 45.4 Å². The maximum atomic E-state index is 6.51. The quantitative estimate of drug-likeness (QED) is 0.851. The van der Waals surface area contributed by atoms with Crippen LogP contribution in [0, 0.1) is 5.92 Å². The van der Waals surface area contributed by atoms with Gasteiger partial charge >= 0.3 is 0 Å². The molecule has 1 unspecified atom stereocenters. The number of rotatable bonds is 5. The van der Waals surface area contributed by atoms with Crippen LogP contribution in [0.2, 0.25) is 0 Å². The molecule has 22 heavy (non-hydrogen) atoms. The van der Waals surface area contributed by atoms with E-state index in [2.05, 4.69) is 49.4 Å². The number of hydrogen-bond acceptors (Lipinski definition) is 2. The highest BCUT2D eigenvalue weighted by atomic mass is 16.5. The number of benzene rings is 2. The van der Waals surface area contributed by atoms with Crippen molar-refractivity contribution < 1.29 is 4.74 Å². The molecule has 0 aliphatic heterocycles. The van der Waals surface area contributed by atoms with Crippen LogP contribution >= 0.6 is 0 Å². The topological polar surface area (TPSA) is 35.2 Å². The lowest BCUT2D eigenvalue weighted by molar-refractivity contribution is 0.00288. The molecular weight excluding hydrogens is 270 g/mol. The van der Waals surface area contributed by atoms with Crippen LogP contribution in [0.4, 0.5) is 0 Å². The van der Waals surface area contributed by atoms with Crippen LogP contribution in [0.15, 0.2) is 42.5 Å². The summed E-state index contributed by atoms with van der Waals surface area (Å²) in [6.07, 6.45) is 7.47. The first-order chi connectivity index (χ1) is 10.7. The molecule has 1 saturated carbocycles. The average Bonchev–Trinajstić information content (AvgIpc) is 2.56. The zero-order chi connectivity index (χ0) is 15.4. The van der Waals surface area contributed by atoms with Gasteiger partial charge in [-0.05, 0) is 61.6 Å². The molecule has 0 saturated heterocycles. The molecule has 2 aromatic rings. The van der Waals surface area contributed by atoms with Gasteiger partial charge in [-0.2, -0.15) is 0 Å². The van der Waals surface area contributed by atoms with Crippen LogP contribution in [-0.2, 0) is 0 Å². The molecule has 0 aromatic heterocycles. The Kier molecular flexibility index (Phi) is 4.68. The number of hydrogen-bond donors (Lipinski definition) is 1. The highest BCUT2D eigenvalue weighted by molar-refractivity contribution is 5.83. The predicted octanol–water partition coefficient (Wildman–Crippen LogP) is 4.91. The zero-order valence-electron chi connectivity index (χ0n) is 13.6. The Morgan fingerprint density at radius 2 is 1.77 bits per heavy atom. The molecule has 0 radical (unpaired) electrons. The van der Waals surface area contributed by atoms with Crippen molar-refractivity contribution in [3.8, 4) is 5.75 Å². The van der Waals surface area contributed by atoms with E-state index in [1.165, 1.54) is 42.9 Å². The maximum Gasteiger partial charge on any atom is 0.120 e. The summed E-state index contributed by atoms with van der Waals surface area (Å²) in [4.78, 5) is 0. The van der Waals surface area contributed by atoms with Gasteiger partial charge in [0.05, 0.1) is 0 Å². The van der Waals surface area contributed by atoms with E-state index < -0.39 is 0 Å². The van der Waals surface area contributed by atoms with Crippen molar-refractivity contribution in [2.75, 3.05) is 6.54 Å². The number of fused-ring (bicyclic) bond motifs is 1. The first kappa shape index (κ1) is 15.4. The van der Waals surface area contributed by atoms with Crippen LogP contribution < -0.4 is 10.5 Å². The molecule has 1 aliphatic rings. The molecule has 2 N–H and O–H groups in total.